The fourth-order valence-electron chi connectivity index (χ4n) is 2.28. The van der Waals surface area contributed by atoms with E-state index in [1.54, 1.807) is 0 Å². The van der Waals surface area contributed by atoms with E-state index in [1.165, 1.54) is 13.3 Å². The van der Waals surface area contributed by atoms with E-state index in [0.717, 1.165) is 25.7 Å². The Morgan fingerprint density at radius 3 is 2.47 bits per heavy atom. The van der Waals surface area contributed by atoms with Crippen LogP contribution in [0.4, 0.5) is 4.79 Å². The molecule has 94 valence electrons. The molecular weight excluding hydrogens is 222 g/mol. The van der Waals surface area contributed by atoms with E-state index in [-0.39, 0.29) is 6.04 Å². The summed E-state index contributed by atoms with van der Waals surface area (Å²) in [7, 11) is 0. The minimum atomic E-state index is -1.46. The van der Waals surface area contributed by atoms with Crippen molar-refractivity contribution in [3.05, 3.63) is 0 Å². The molecule has 0 spiro atoms. The van der Waals surface area contributed by atoms with E-state index in [4.69, 9.17) is 0 Å². The van der Waals surface area contributed by atoms with Crippen LogP contribution >= 0.6 is 0 Å². The zero-order valence-electron chi connectivity index (χ0n) is 9.84. The third-order valence-electron chi connectivity index (χ3n) is 3.44. The van der Waals surface area contributed by atoms with E-state index >= 15 is 0 Å². The second kappa shape index (κ2) is 4.35. The summed E-state index contributed by atoms with van der Waals surface area (Å²) in [5.74, 6) is -1.01. The van der Waals surface area contributed by atoms with Gasteiger partial charge in [-0.3, -0.25) is 14.9 Å². The average Bonchev–Trinajstić information content (AvgIpc) is 2.55. The number of imide groups is 1. The number of urea groups is 1. The molecule has 1 saturated heterocycles. The van der Waals surface area contributed by atoms with Gasteiger partial charge in [0.15, 0.2) is 5.54 Å². The Kier molecular flexibility index (Phi) is 3.04. The molecule has 6 nitrogen and oxygen atoms in total. The van der Waals surface area contributed by atoms with Crippen LogP contribution in [0.5, 0.6) is 0 Å². The topological polar surface area (TPSA) is 87.3 Å². The average molecular weight is 239 g/mol. The van der Waals surface area contributed by atoms with Crippen LogP contribution in [-0.4, -0.2) is 29.4 Å². The van der Waals surface area contributed by atoms with Crippen molar-refractivity contribution >= 4 is 17.8 Å². The number of rotatable bonds is 2. The van der Waals surface area contributed by atoms with Crippen molar-refractivity contribution in [1.82, 2.24) is 16.0 Å². The first kappa shape index (κ1) is 11.9. The molecule has 4 amide bonds. The summed E-state index contributed by atoms with van der Waals surface area (Å²) in [5, 5.41) is 7.27. The molecule has 6 heteroatoms. The molecule has 2 rings (SSSR count). The van der Waals surface area contributed by atoms with E-state index in [0.29, 0.717) is 0 Å². The van der Waals surface area contributed by atoms with Gasteiger partial charge < -0.3 is 10.6 Å². The van der Waals surface area contributed by atoms with Gasteiger partial charge in [0.2, 0.25) is 0 Å². The number of amides is 4. The normalized spacial score (nSPS) is 29.7. The lowest BCUT2D eigenvalue weighted by molar-refractivity contribution is -0.135. The van der Waals surface area contributed by atoms with Crippen LogP contribution in [0, 0.1) is 0 Å². The monoisotopic (exact) mass is 239 g/mol. The van der Waals surface area contributed by atoms with E-state index in [1.807, 2.05) is 0 Å². The molecule has 0 radical (unpaired) electrons. The van der Waals surface area contributed by atoms with Crippen LogP contribution in [-0.2, 0) is 9.59 Å². The van der Waals surface area contributed by atoms with Crippen molar-refractivity contribution in [1.29, 1.82) is 0 Å². The molecule has 0 bridgehead atoms. The number of nitrogens with one attached hydrogen (secondary N) is 3. The third-order valence-corrected chi connectivity index (χ3v) is 3.44. The fraction of sp³-hybridized carbons (Fsp3) is 0.727. The third kappa shape index (κ3) is 2.25. The van der Waals surface area contributed by atoms with Crippen LogP contribution in [0.2, 0.25) is 0 Å². The van der Waals surface area contributed by atoms with Crippen molar-refractivity contribution in [3.8, 4) is 0 Å². The first-order chi connectivity index (χ1) is 8.02. The molecule has 3 N–H and O–H groups in total. The summed E-state index contributed by atoms with van der Waals surface area (Å²) >= 11 is 0. The summed E-state index contributed by atoms with van der Waals surface area (Å²) in [6.45, 7) is 1.42. The maximum absolute atomic E-state index is 12.0. The lowest BCUT2D eigenvalue weighted by Crippen LogP contribution is -2.58. The predicted octanol–water partition coefficient (Wildman–Crippen LogP) is 0.0334. The van der Waals surface area contributed by atoms with E-state index in [9.17, 15) is 14.4 Å². The summed E-state index contributed by atoms with van der Waals surface area (Å²) in [4.78, 5) is 34.6. The second-order valence-electron chi connectivity index (χ2n) is 4.84. The van der Waals surface area contributed by atoms with E-state index in [2.05, 4.69) is 16.0 Å². The molecular formula is C11H17N3O3. The van der Waals surface area contributed by atoms with Gasteiger partial charge in [-0.15, -0.1) is 0 Å². The SMILES string of the molecule is CC1(C(=O)NC2CCCCC2)NC(=O)NC1=O. The summed E-state index contributed by atoms with van der Waals surface area (Å²) in [6.07, 6.45) is 5.27. The molecule has 2 aliphatic rings. The smallest absolute Gasteiger partial charge is 0.322 e. The van der Waals surface area contributed by atoms with Crippen LogP contribution in [0.25, 0.3) is 0 Å². The highest BCUT2D eigenvalue weighted by molar-refractivity contribution is 6.19. The number of carbonyl (C=O) groups excluding carboxylic acids is 3. The zero-order chi connectivity index (χ0) is 12.5. The Labute approximate surface area is 99.5 Å². The molecule has 1 unspecified atom stereocenters. The number of hydrogen-bond donors (Lipinski definition) is 3. The molecule has 1 aliphatic carbocycles. The van der Waals surface area contributed by atoms with Crippen LogP contribution in [0.3, 0.4) is 0 Å². The maximum Gasteiger partial charge on any atom is 0.322 e. The van der Waals surface area contributed by atoms with Crippen LogP contribution < -0.4 is 16.0 Å². The minimum Gasteiger partial charge on any atom is -0.351 e. The van der Waals surface area contributed by atoms with Crippen molar-refractivity contribution in [2.24, 2.45) is 0 Å². The molecule has 2 fully saturated rings. The van der Waals surface area contributed by atoms with Crippen molar-refractivity contribution in [2.75, 3.05) is 0 Å². The zero-order valence-corrected chi connectivity index (χ0v) is 9.84. The Hall–Kier alpha value is -1.59. The van der Waals surface area contributed by atoms with Gasteiger partial charge >= 0.3 is 6.03 Å². The van der Waals surface area contributed by atoms with Gasteiger partial charge in [0.05, 0.1) is 0 Å². The highest BCUT2D eigenvalue weighted by Gasteiger charge is 2.48. The Bertz CT molecular complexity index is 363. The quantitative estimate of drug-likeness (QED) is 0.469. The predicted molar refractivity (Wildman–Crippen MR) is 60.1 cm³/mol. The summed E-state index contributed by atoms with van der Waals surface area (Å²) in [5.41, 5.74) is -1.46. The van der Waals surface area contributed by atoms with Crippen molar-refractivity contribution in [3.63, 3.8) is 0 Å². The lowest BCUT2D eigenvalue weighted by atomic mass is 9.94. The Balaban J connectivity index is 1.99. The highest BCUT2D eigenvalue weighted by Crippen LogP contribution is 2.19. The molecule has 0 aromatic heterocycles. The van der Waals surface area contributed by atoms with Gasteiger partial charge in [-0.05, 0) is 19.8 Å². The molecule has 0 aromatic rings. The number of carbonyl (C=O) groups is 3. The van der Waals surface area contributed by atoms with E-state index < -0.39 is 23.4 Å². The van der Waals surface area contributed by atoms with Crippen LogP contribution in [0.15, 0.2) is 0 Å². The van der Waals surface area contributed by atoms with Gasteiger partial charge in [-0.25, -0.2) is 4.79 Å². The highest BCUT2D eigenvalue weighted by atomic mass is 16.2. The first-order valence-electron chi connectivity index (χ1n) is 5.97. The largest absolute Gasteiger partial charge is 0.351 e. The molecule has 1 aliphatic heterocycles. The summed E-state index contributed by atoms with van der Waals surface area (Å²) < 4.78 is 0. The molecule has 1 heterocycles. The number of hydrogen-bond acceptors (Lipinski definition) is 3. The molecule has 1 saturated carbocycles. The van der Waals surface area contributed by atoms with Crippen LogP contribution in [0.1, 0.15) is 39.0 Å². The molecule has 17 heavy (non-hydrogen) atoms. The fourth-order valence-corrected chi connectivity index (χ4v) is 2.28. The lowest BCUT2D eigenvalue weighted by Gasteiger charge is -2.27. The van der Waals surface area contributed by atoms with Gasteiger partial charge in [0.1, 0.15) is 0 Å². The Morgan fingerprint density at radius 1 is 1.29 bits per heavy atom. The first-order valence-corrected chi connectivity index (χ1v) is 5.97. The van der Waals surface area contributed by atoms with Crippen molar-refractivity contribution in [2.45, 2.75) is 50.6 Å². The van der Waals surface area contributed by atoms with Gasteiger partial charge in [0.25, 0.3) is 11.8 Å². The second-order valence-corrected chi connectivity index (χ2v) is 4.84. The molecule has 1 atom stereocenters. The standard InChI is InChI=1S/C11H17N3O3/c1-11(9(16)13-10(17)14-11)8(15)12-7-5-3-2-4-6-7/h7H,2-6H2,1H3,(H,12,15)(H2,13,14,16,17). The van der Waals surface area contributed by atoms with Crippen molar-refractivity contribution < 1.29 is 14.4 Å². The maximum atomic E-state index is 12.0. The van der Waals surface area contributed by atoms with Gasteiger partial charge in [-0.2, -0.15) is 0 Å². The van der Waals surface area contributed by atoms with Gasteiger partial charge in [-0.1, -0.05) is 19.3 Å². The van der Waals surface area contributed by atoms with Gasteiger partial charge in [0, 0.05) is 6.04 Å². The Morgan fingerprint density at radius 2 is 1.94 bits per heavy atom. The molecule has 0 aromatic carbocycles. The summed E-state index contributed by atoms with van der Waals surface area (Å²) in [6, 6.07) is -0.491. The minimum absolute atomic E-state index is 0.123.